The summed E-state index contributed by atoms with van der Waals surface area (Å²) < 4.78 is 0. The molecule has 114 valence electrons. The molecular weight excluding hydrogens is 266 g/mol. The third-order valence-corrected chi connectivity index (χ3v) is 4.08. The minimum atomic E-state index is -0.395. The first-order valence-electron chi connectivity index (χ1n) is 7.62. The van der Waals surface area contributed by atoms with Crippen molar-refractivity contribution in [3.05, 3.63) is 30.1 Å². The third-order valence-electron chi connectivity index (χ3n) is 4.08. The Balaban J connectivity index is 2.31. The van der Waals surface area contributed by atoms with Gasteiger partial charge in [0.05, 0.1) is 6.04 Å². The highest BCUT2D eigenvalue weighted by molar-refractivity contribution is 5.97. The Morgan fingerprint density at radius 1 is 1.29 bits per heavy atom. The van der Waals surface area contributed by atoms with Crippen molar-refractivity contribution >= 4 is 11.8 Å². The SMILES string of the molecule is CCCC1NC(=O)C(CC)N(C(C)c2ccncc2)C1=O. The summed E-state index contributed by atoms with van der Waals surface area (Å²) in [5, 5.41) is 2.86. The average Bonchev–Trinajstić information content (AvgIpc) is 2.50. The maximum atomic E-state index is 12.7. The molecule has 0 aliphatic carbocycles. The molecule has 5 nitrogen and oxygen atoms in total. The molecule has 2 rings (SSSR count). The zero-order valence-electron chi connectivity index (χ0n) is 12.9. The number of pyridine rings is 1. The highest BCUT2D eigenvalue weighted by atomic mass is 16.2. The van der Waals surface area contributed by atoms with Crippen LogP contribution in [-0.2, 0) is 9.59 Å². The Labute approximate surface area is 125 Å². The van der Waals surface area contributed by atoms with Crippen molar-refractivity contribution in [3.8, 4) is 0 Å². The normalized spacial score (nSPS) is 23.9. The van der Waals surface area contributed by atoms with E-state index in [0.29, 0.717) is 12.8 Å². The standard InChI is InChI=1S/C16H23N3O2/c1-4-6-13-16(21)19(14(5-2)15(20)18-13)11(3)12-7-9-17-10-8-12/h7-11,13-14H,4-6H2,1-3H3,(H,18,20). The number of hydrogen-bond acceptors (Lipinski definition) is 3. The Bertz CT molecular complexity index is 504. The van der Waals surface area contributed by atoms with Crippen molar-refractivity contribution < 1.29 is 9.59 Å². The van der Waals surface area contributed by atoms with Gasteiger partial charge in [-0.05, 0) is 37.5 Å². The Morgan fingerprint density at radius 3 is 2.52 bits per heavy atom. The summed E-state index contributed by atoms with van der Waals surface area (Å²) in [7, 11) is 0. The summed E-state index contributed by atoms with van der Waals surface area (Å²) in [4.78, 5) is 30.8. The van der Waals surface area contributed by atoms with Crippen LogP contribution >= 0.6 is 0 Å². The maximum absolute atomic E-state index is 12.7. The van der Waals surface area contributed by atoms with E-state index in [1.54, 1.807) is 17.3 Å². The molecule has 1 aliphatic heterocycles. The topological polar surface area (TPSA) is 62.3 Å². The Hall–Kier alpha value is -1.91. The van der Waals surface area contributed by atoms with E-state index in [2.05, 4.69) is 10.3 Å². The number of aromatic nitrogens is 1. The summed E-state index contributed by atoms with van der Waals surface area (Å²) in [6.45, 7) is 5.92. The molecule has 1 aliphatic rings. The lowest BCUT2D eigenvalue weighted by Gasteiger charge is -2.42. The van der Waals surface area contributed by atoms with Crippen LogP contribution in [0, 0.1) is 0 Å². The molecule has 1 N–H and O–H groups in total. The van der Waals surface area contributed by atoms with E-state index in [9.17, 15) is 9.59 Å². The molecular formula is C16H23N3O2. The summed E-state index contributed by atoms with van der Waals surface area (Å²) in [5.74, 6) is -0.0240. The number of nitrogens with one attached hydrogen (secondary N) is 1. The van der Waals surface area contributed by atoms with Gasteiger partial charge in [0.15, 0.2) is 0 Å². The lowest BCUT2D eigenvalue weighted by molar-refractivity contribution is -0.152. The van der Waals surface area contributed by atoms with Crippen molar-refractivity contribution in [2.24, 2.45) is 0 Å². The Morgan fingerprint density at radius 2 is 1.95 bits per heavy atom. The van der Waals surface area contributed by atoms with Crippen LogP contribution in [-0.4, -0.2) is 33.8 Å². The predicted molar refractivity (Wildman–Crippen MR) is 80.4 cm³/mol. The van der Waals surface area contributed by atoms with E-state index in [1.807, 2.05) is 32.9 Å². The molecule has 0 bridgehead atoms. The molecule has 5 heteroatoms. The molecule has 3 unspecified atom stereocenters. The van der Waals surface area contributed by atoms with Crippen LogP contribution in [0.3, 0.4) is 0 Å². The minimum absolute atomic E-state index is 0.0209. The Kier molecular flexibility index (Phi) is 4.94. The molecule has 0 spiro atoms. The van der Waals surface area contributed by atoms with Crippen molar-refractivity contribution in [1.82, 2.24) is 15.2 Å². The zero-order chi connectivity index (χ0) is 15.4. The fourth-order valence-electron chi connectivity index (χ4n) is 2.92. The molecule has 3 atom stereocenters. The summed E-state index contributed by atoms with van der Waals surface area (Å²) in [5.41, 5.74) is 1.00. The van der Waals surface area contributed by atoms with E-state index in [4.69, 9.17) is 0 Å². The molecule has 1 saturated heterocycles. The summed E-state index contributed by atoms with van der Waals surface area (Å²) >= 11 is 0. The van der Waals surface area contributed by atoms with Crippen LogP contribution in [0.15, 0.2) is 24.5 Å². The van der Waals surface area contributed by atoms with Crippen LogP contribution in [0.4, 0.5) is 0 Å². The monoisotopic (exact) mass is 289 g/mol. The van der Waals surface area contributed by atoms with Crippen LogP contribution in [0.25, 0.3) is 0 Å². The van der Waals surface area contributed by atoms with Crippen molar-refractivity contribution in [2.45, 2.75) is 58.2 Å². The first-order valence-corrected chi connectivity index (χ1v) is 7.62. The van der Waals surface area contributed by atoms with E-state index in [0.717, 1.165) is 12.0 Å². The first-order chi connectivity index (χ1) is 10.1. The summed E-state index contributed by atoms with van der Waals surface area (Å²) in [6.07, 6.45) is 5.59. The quantitative estimate of drug-likeness (QED) is 0.902. The fourth-order valence-corrected chi connectivity index (χ4v) is 2.92. The van der Waals surface area contributed by atoms with E-state index in [-0.39, 0.29) is 17.9 Å². The molecule has 0 saturated carbocycles. The predicted octanol–water partition coefficient (Wildman–Crippen LogP) is 2.05. The molecule has 1 aromatic heterocycles. The first kappa shape index (κ1) is 15.5. The molecule has 2 amide bonds. The smallest absolute Gasteiger partial charge is 0.246 e. The van der Waals surface area contributed by atoms with Crippen LogP contribution in [0.1, 0.15) is 51.6 Å². The maximum Gasteiger partial charge on any atom is 0.246 e. The number of nitrogens with zero attached hydrogens (tertiary/aromatic N) is 2. The molecule has 21 heavy (non-hydrogen) atoms. The van der Waals surface area contributed by atoms with Crippen molar-refractivity contribution in [2.75, 3.05) is 0 Å². The number of carbonyl (C=O) groups excluding carboxylic acids is 2. The van der Waals surface area contributed by atoms with Gasteiger partial charge in [-0.2, -0.15) is 0 Å². The number of amides is 2. The van der Waals surface area contributed by atoms with E-state index in [1.165, 1.54) is 0 Å². The highest BCUT2D eigenvalue weighted by Crippen LogP contribution is 2.27. The fraction of sp³-hybridized carbons (Fsp3) is 0.562. The largest absolute Gasteiger partial charge is 0.343 e. The minimum Gasteiger partial charge on any atom is -0.343 e. The van der Waals surface area contributed by atoms with Crippen LogP contribution < -0.4 is 5.32 Å². The van der Waals surface area contributed by atoms with Gasteiger partial charge in [-0.3, -0.25) is 14.6 Å². The van der Waals surface area contributed by atoms with Gasteiger partial charge in [0.25, 0.3) is 0 Å². The molecule has 1 fully saturated rings. The van der Waals surface area contributed by atoms with Gasteiger partial charge >= 0.3 is 0 Å². The van der Waals surface area contributed by atoms with Crippen molar-refractivity contribution in [3.63, 3.8) is 0 Å². The average molecular weight is 289 g/mol. The molecule has 0 radical (unpaired) electrons. The number of hydrogen-bond donors (Lipinski definition) is 1. The van der Waals surface area contributed by atoms with Crippen LogP contribution in [0.2, 0.25) is 0 Å². The number of rotatable bonds is 5. The van der Waals surface area contributed by atoms with Gasteiger partial charge < -0.3 is 10.2 Å². The molecule has 1 aromatic rings. The van der Waals surface area contributed by atoms with E-state index < -0.39 is 12.1 Å². The van der Waals surface area contributed by atoms with Crippen LogP contribution in [0.5, 0.6) is 0 Å². The van der Waals surface area contributed by atoms with Gasteiger partial charge in [0.2, 0.25) is 11.8 Å². The second-order valence-corrected chi connectivity index (χ2v) is 5.48. The molecule has 2 heterocycles. The lowest BCUT2D eigenvalue weighted by Crippen LogP contribution is -2.63. The molecule has 0 aromatic carbocycles. The number of carbonyl (C=O) groups is 2. The highest BCUT2D eigenvalue weighted by Gasteiger charge is 2.41. The van der Waals surface area contributed by atoms with E-state index >= 15 is 0 Å². The summed E-state index contributed by atoms with van der Waals surface area (Å²) in [6, 6.07) is 2.87. The van der Waals surface area contributed by atoms with Gasteiger partial charge in [0.1, 0.15) is 12.1 Å². The van der Waals surface area contributed by atoms with Gasteiger partial charge in [-0.1, -0.05) is 20.3 Å². The number of piperazine rings is 1. The second kappa shape index (κ2) is 6.70. The second-order valence-electron chi connectivity index (χ2n) is 5.48. The van der Waals surface area contributed by atoms with Gasteiger partial charge in [-0.25, -0.2) is 0 Å². The van der Waals surface area contributed by atoms with Gasteiger partial charge in [-0.15, -0.1) is 0 Å². The zero-order valence-corrected chi connectivity index (χ0v) is 12.9. The lowest BCUT2D eigenvalue weighted by atomic mass is 9.97. The van der Waals surface area contributed by atoms with Crippen molar-refractivity contribution in [1.29, 1.82) is 0 Å². The third kappa shape index (κ3) is 3.06. The van der Waals surface area contributed by atoms with Gasteiger partial charge in [0, 0.05) is 12.4 Å².